The highest BCUT2D eigenvalue weighted by molar-refractivity contribution is 5.76. The Morgan fingerprint density at radius 2 is 2.40 bits per heavy atom. The Hall–Kier alpha value is -0.570. The SMILES string of the molecule is CCC(C)N1C[C@@H]2CCC[C@@]2(C(=O)O)C1. The van der Waals surface area contributed by atoms with Crippen molar-refractivity contribution in [2.45, 2.75) is 45.6 Å². The van der Waals surface area contributed by atoms with E-state index in [1.165, 1.54) is 0 Å². The number of carbonyl (C=O) groups is 1. The molecule has 1 aliphatic heterocycles. The van der Waals surface area contributed by atoms with E-state index < -0.39 is 11.4 Å². The molecule has 3 nitrogen and oxygen atoms in total. The number of likely N-dealkylation sites (tertiary alicyclic amines) is 1. The molecule has 3 atom stereocenters. The van der Waals surface area contributed by atoms with Crippen molar-refractivity contribution in [1.29, 1.82) is 0 Å². The van der Waals surface area contributed by atoms with Gasteiger partial charge in [-0.05, 0) is 32.1 Å². The first-order chi connectivity index (χ1) is 7.10. The van der Waals surface area contributed by atoms with Gasteiger partial charge in [-0.1, -0.05) is 13.3 Å². The van der Waals surface area contributed by atoms with Crippen molar-refractivity contribution in [3.05, 3.63) is 0 Å². The van der Waals surface area contributed by atoms with E-state index in [1.54, 1.807) is 0 Å². The second-order valence-electron chi connectivity index (χ2n) is 5.24. The predicted molar refractivity (Wildman–Crippen MR) is 58.7 cm³/mol. The predicted octanol–water partition coefficient (Wildman–Crippen LogP) is 1.97. The average Bonchev–Trinajstić information content (AvgIpc) is 2.72. The summed E-state index contributed by atoms with van der Waals surface area (Å²) in [5.41, 5.74) is -0.399. The Morgan fingerprint density at radius 1 is 1.67 bits per heavy atom. The third-order valence-corrected chi connectivity index (χ3v) is 4.54. The molecular weight excluding hydrogens is 190 g/mol. The maximum Gasteiger partial charge on any atom is 0.311 e. The van der Waals surface area contributed by atoms with Crippen molar-refractivity contribution in [1.82, 2.24) is 4.90 Å². The van der Waals surface area contributed by atoms with Crippen LogP contribution in [0.2, 0.25) is 0 Å². The van der Waals surface area contributed by atoms with Crippen LogP contribution in [0.5, 0.6) is 0 Å². The number of carboxylic acid groups (broad SMARTS) is 1. The first-order valence-electron chi connectivity index (χ1n) is 6.07. The summed E-state index contributed by atoms with van der Waals surface area (Å²) in [7, 11) is 0. The fourth-order valence-electron chi connectivity index (χ4n) is 3.27. The molecule has 0 amide bonds. The molecule has 0 spiro atoms. The van der Waals surface area contributed by atoms with Crippen molar-refractivity contribution in [2.24, 2.45) is 11.3 Å². The van der Waals surface area contributed by atoms with Gasteiger partial charge in [0.1, 0.15) is 0 Å². The molecule has 0 aromatic rings. The summed E-state index contributed by atoms with van der Waals surface area (Å²) in [5.74, 6) is -0.153. The van der Waals surface area contributed by atoms with Gasteiger partial charge in [-0.25, -0.2) is 0 Å². The van der Waals surface area contributed by atoms with E-state index >= 15 is 0 Å². The number of carboxylic acids is 1. The summed E-state index contributed by atoms with van der Waals surface area (Å²) in [6.45, 7) is 6.16. The molecule has 2 fully saturated rings. The van der Waals surface area contributed by atoms with E-state index in [0.29, 0.717) is 12.0 Å². The van der Waals surface area contributed by atoms with Crippen LogP contribution in [0.1, 0.15) is 39.5 Å². The second kappa shape index (κ2) is 3.78. The summed E-state index contributed by atoms with van der Waals surface area (Å²) in [6.07, 6.45) is 4.22. The Labute approximate surface area is 91.5 Å². The highest BCUT2D eigenvalue weighted by Crippen LogP contribution is 2.49. The van der Waals surface area contributed by atoms with Crippen molar-refractivity contribution in [3.63, 3.8) is 0 Å². The standard InChI is InChI=1S/C12H21NO2/c1-3-9(2)13-7-10-5-4-6-12(10,8-13)11(14)15/h9-10H,3-8H2,1-2H3,(H,14,15)/t9?,10-,12+/m0/s1. The molecule has 1 N–H and O–H groups in total. The molecule has 0 aromatic heterocycles. The van der Waals surface area contributed by atoms with Crippen LogP contribution in [-0.4, -0.2) is 35.1 Å². The quantitative estimate of drug-likeness (QED) is 0.776. The van der Waals surface area contributed by atoms with Gasteiger partial charge in [0.15, 0.2) is 0 Å². The van der Waals surface area contributed by atoms with Crippen LogP contribution in [0.4, 0.5) is 0 Å². The van der Waals surface area contributed by atoms with Gasteiger partial charge in [0, 0.05) is 19.1 Å². The van der Waals surface area contributed by atoms with Gasteiger partial charge < -0.3 is 5.11 Å². The van der Waals surface area contributed by atoms with Crippen LogP contribution >= 0.6 is 0 Å². The highest BCUT2D eigenvalue weighted by atomic mass is 16.4. The molecule has 1 saturated carbocycles. The second-order valence-corrected chi connectivity index (χ2v) is 5.24. The fraction of sp³-hybridized carbons (Fsp3) is 0.917. The molecule has 0 radical (unpaired) electrons. The van der Waals surface area contributed by atoms with Crippen LogP contribution in [0.15, 0.2) is 0 Å². The molecule has 1 heterocycles. The monoisotopic (exact) mass is 211 g/mol. The summed E-state index contributed by atoms with van der Waals surface area (Å²) < 4.78 is 0. The summed E-state index contributed by atoms with van der Waals surface area (Å²) in [4.78, 5) is 13.8. The summed E-state index contributed by atoms with van der Waals surface area (Å²) in [6, 6.07) is 0.534. The van der Waals surface area contributed by atoms with E-state index in [4.69, 9.17) is 0 Å². The lowest BCUT2D eigenvalue weighted by atomic mass is 9.81. The topological polar surface area (TPSA) is 40.5 Å². The largest absolute Gasteiger partial charge is 0.481 e. The number of hydrogen-bond acceptors (Lipinski definition) is 2. The molecule has 0 bridgehead atoms. The van der Waals surface area contributed by atoms with E-state index in [9.17, 15) is 9.90 Å². The van der Waals surface area contributed by atoms with Gasteiger partial charge in [-0.2, -0.15) is 0 Å². The third-order valence-electron chi connectivity index (χ3n) is 4.54. The molecule has 86 valence electrons. The fourth-order valence-corrected chi connectivity index (χ4v) is 3.27. The Kier molecular flexibility index (Phi) is 2.75. The first kappa shape index (κ1) is 10.9. The van der Waals surface area contributed by atoms with E-state index in [2.05, 4.69) is 18.7 Å². The maximum atomic E-state index is 11.4. The van der Waals surface area contributed by atoms with E-state index in [1.807, 2.05) is 0 Å². The average molecular weight is 211 g/mol. The molecule has 1 saturated heterocycles. The molecule has 2 aliphatic rings. The van der Waals surface area contributed by atoms with Gasteiger partial charge in [0.05, 0.1) is 5.41 Å². The van der Waals surface area contributed by atoms with Crippen LogP contribution in [0, 0.1) is 11.3 Å². The third kappa shape index (κ3) is 1.57. The van der Waals surface area contributed by atoms with Crippen LogP contribution < -0.4 is 0 Å². The van der Waals surface area contributed by atoms with Gasteiger partial charge in [0.25, 0.3) is 0 Å². The molecule has 3 heteroatoms. The smallest absolute Gasteiger partial charge is 0.311 e. The van der Waals surface area contributed by atoms with Crippen LogP contribution in [0.3, 0.4) is 0 Å². The highest BCUT2D eigenvalue weighted by Gasteiger charge is 2.55. The number of aliphatic carboxylic acids is 1. The lowest BCUT2D eigenvalue weighted by Crippen LogP contribution is -2.37. The summed E-state index contributed by atoms with van der Waals surface area (Å²) in [5, 5.41) is 9.42. The van der Waals surface area contributed by atoms with Crippen LogP contribution in [-0.2, 0) is 4.79 Å². The number of nitrogens with zero attached hydrogens (tertiary/aromatic N) is 1. The minimum Gasteiger partial charge on any atom is -0.481 e. The van der Waals surface area contributed by atoms with E-state index in [0.717, 1.165) is 38.8 Å². The Morgan fingerprint density at radius 3 is 2.93 bits per heavy atom. The molecular formula is C12H21NO2. The number of hydrogen-bond donors (Lipinski definition) is 1. The van der Waals surface area contributed by atoms with Gasteiger partial charge in [0.2, 0.25) is 0 Å². The molecule has 1 aliphatic carbocycles. The minimum absolute atomic E-state index is 0.399. The van der Waals surface area contributed by atoms with Crippen molar-refractivity contribution in [2.75, 3.05) is 13.1 Å². The normalized spacial score (nSPS) is 37.9. The molecule has 0 aromatic carbocycles. The maximum absolute atomic E-state index is 11.4. The van der Waals surface area contributed by atoms with Gasteiger partial charge in [-0.15, -0.1) is 0 Å². The minimum atomic E-state index is -0.559. The Balaban J connectivity index is 2.14. The van der Waals surface area contributed by atoms with Gasteiger partial charge in [-0.3, -0.25) is 9.69 Å². The van der Waals surface area contributed by atoms with Gasteiger partial charge >= 0.3 is 5.97 Å². The lowest BCUT2D eigenvalue weighted by molar-refractivity contribution is -0.149. The zero-order valence-corrected chi connectivity index (χ0v) is 9.70. The lowest BCUT2D eigenvalue weighted by Gasteiger charge is -2.26. The first-order valence-corrected chi connectivity index (χ1v) is 6.07. The molecule has 1 unspecified atom stereocenters. The molecule has 2 rings (SSSR count). The number of rotatable bonds is 3. The number of fused-ring (bicyclic) bond motifs is 1. The van der Waals surface area contributed by atoms with E-state index in [-0.39, 0.29) is 0 Å². The molecule has 15 heavy (non-hydrogen) atoms. The van der Waals surface area contributed by atoms with Crippen molar-refractivity contribution >= 4 is 5.97 Å². The Bertz CT molecular complexity index is 266. The zero-order chi connectivity index (χ0) is 11.1. The summed E-state index contributed by atoms with van der Waals surface area (Å²) >= 11 is 0. The zero-order valence-electron chi connectivity index (χ0n) is 9.70. The van der Waals surface area contributed by atoms with Crippen LogP contribution in [0.25, 0.3) is 0 Å². The van der Waals surface area contributed by atoms with Crippen molar-refractivity contribution < 1.29 is 9.90 Å². The van der Waals surface area contributed by atoms with Crippen molar-refractivity contribution in [3.8, 4) is 0 Å².